The molecule has 0 fully saturated rings. The highest BCUT2D eigenvalue weighted by molar-refractivity contribution is 6.05. The number of carbonyl (C=O) groups is 2. The third kappa shape index (κ3) is 4.37. The second-order valence-corrected chi connectivity index (χ2v) is 6.46. The molecule has 0 atom stereocenters. The molecule has 7 nitrogen and oxygen atoms in total. The topological polar surface area (TPSA) is 76.5 Å². The van der Waals surface area contributed by atoms with Crippen LogP contribution in [0.3, 0.4) is 0 Å². The van der Waals surface area contributed by atoms with Gasteiger partial charge >= 0.3 is 5.97 Å². The molecule has 144 valence electrons. The standard InChI is InChI=1S/C21H22N4O3/c1-24(2)18-9-7-15(8-10-18)14-25-19(11-12-22-25)23-20(26)16-5-4-6-17(13-16)21(27)28-3/h4-13H,14H2,1-3H3,(H,23,26). The number of methoxy groups -OCH3 is 1. The van der Waals surface area contributed by atoms with E-state index in [9.17, 15) is 9.59 Å². The lowest BCUT2D eigenvalue weighted by molar-refractivity contribution is 0.0600. The first-order valence-electron chi connectivity index (χ1n) is 8.75. The minimum absolute atomic E-state index is 0.324. The quantitative estimate of drug-likeness (QED) is 0.667. The summed E-state index contributed by atoms with van der Waals surface area (Å²) in [6, 6.07) is 16.3. The lowest BCUT2D eigenvalue weighted by Crippen LogP contribution is -2.17. The molecule has 1 N–H and O–H groups in total. The summed E-state index contributed by atoms with van der Waals surface area (Å²) in [7, 11) is 5.29. The number of anilines is 2. The Morgan fingerprint density at radius 2 is 1.79 bits per heavy atom. The maximum absolute atomic E-state index is 12.6. The average molecular weight is 378 g/mol. The summed E-state index contributed by atoms with van der Waals surface area (Å²) in [5.41, 5.74) is 2.87. The third-order valence-electron chi connectivity index (χ3n) is 4.29. The number of nitrogens with zero attached hydrogens (tertiary/aromatic N) is 3. The van der Waals surface area contributed by atoms with Crippen molar-refractivity contribution in [3.05, 3.63) is 77.5 Å². The van der Waals surface area contributed by atoms with Crippen molar-refractivity contribution in [3.63, 3.8) is 0 Å². The summed E-state index contributed by atoms with van der Waals surface area (Å²) in [5, 5.41) is 7.13. The smallest absolute Gasteiger partial charge is 0.337 e. The van der Waals surface area contributed by atoms with Crippen LogP contribution in [0, 0.1) is 0 Å². The molecule has 7 heteroatoms. The van der Waals surface area contributed by atoms with Gasteiger partial charge in [-0.1, -0.05) is 18.2 Å². The monoisotopic (exact) mass is 378 g/mol. The summed E-state index contributed by atoms with van der Waals surface area (Å²) in [4.78, 5) is 26.3. The molecule has 1 aromatic heterocycles. The van der Waals surface area contributed by atoms with Crippen molar-refractivity contribution in [2.75, 3.05) is 31.4 Å². The van der Waals surface area contributed by atoms with Crippen molar-refractivity contribution >= 4 is 23.4 Å². The van der Waals surface area contributed by atoms with E-state index in [1.54, 1.807) is 35.1 Å². The van der Waals surface area contributed by atoms with Gasteiger partial charge in [-0.3, -0.25) is 4.79 Å². The summed E-state index contributed by atoms with van der Waals surface area (Å²) in [6.07, 6.45) is 1.63. The summed E-state index contributed by atoms with van der Waals surface area (Å²) in [6.45, 7) is 0.526. The molecule has 3 aromatic rings. The van der Waals surface area contributed by atoms with E-state index < -0.39 is 5.97 Å². The van der Waals surface area contributed by atoms with Crippen LogP contribution in [0.2, 0.25) is 0 Å². The molecule has 0 saturated heterocycles. The van der Waals surface area contributed by atoms with Gasteiger partial charge in [-0.15, -0.1) is 0 Å². The van der Waals surface area contributed by atoms with Gasteiger partial charge in [0.05, 0.1) is 25.4 Å². The first-order chi connectivity index (χ1) is 13.5. The maximum Gasteiger partial charge on any atom is 0.337 e. The van der Waals surface area contributed by atoms with Crippen molar-refractivity contribution in [2.45, 2.75) is 6.54 Å². The predicted octanol–water partition coefficient (Wildman–Crippen LogP) is 3.04. The molecule has 0 saturated carbocycles. The molecular weight excluding hydrogens is 356 g/mol. The van der Waals surface area contributed by atoms with Gasteiger partial charge in [-0.25, -0.2) is 9.48 Å². The number of hydrogen-bond acceptors (Lipinski definition) is 5. The van der Waals surface area contributed by atoms with Crippen molar-refractivity contribution < 1.29 is 14.3 Å². The van der Waals surface area contributed by atoms with E-state index in [2.05, 4.69) is 10.4 Å². The van der Waals surface area contributed by atoms with E-state index in [0.29, 0.717) is 23.5 Å². The Bertz CT molecular complexity index is 977. The molecule has 0 aliphatic heterocycles. The Labute approximate surface area is 163 Å². The normalized spacial score (nSPS) is 10.4. The van der Waals surface area contributed by atoms with Crippen LogP contribution >= 0.6 is 0 Å². The van der Waals surface area contributed by atoms with Crippen LogP contribution in [-0.2, 0) is 11.3 Å². The zero-order valence-corrected chi connectivity index (χ0v) is 16.0. The highest BCUT2D eigenvalue weighted by Gasteiger charge is 2.13. The highest BCUT2D eigenvalue weighted by Crippen LogP contribution is 2.16. The van der Waals surface area contributed by atoms with Crippen LogP contribution in [0.5, 0.6) is 0 Å². The Morgan fingerprint density at radius 3 is 2.46 bits per heavy atom. The van der Waals surface area contributed by atoms with Crippen LogP contribution in [0.4, 0.5) is 11.5 Å². The van der Waals surface area contributed by atoms with Crippen molar-refractivity contribution in [2.24, 2.45) is 0 Å². The van der Waals surface area contributed by atoms with Crippen LogP contribution in [0.1, 0.15) is 26.3 Å². The van der Waals surface area contributed by atoms with Crippen molar-refractivity contribution in [3.8, 4) is 0 Å². The number of amides is 1. The molecule has 3 rings (SSSR count). The van der Waals surface area contributed by atoms with Gasteiger partial charge in [-0.2, -0.15) is 5.10 Å². The first-order valence-corrected chi connectivity index (χ1v) is 8.75. The molecule has 0 spiro atoms. The minimum Gasteiger partial charge on any atom is -0.465 e. The zero-order valence-electron chi connectivity index (χ0n) is 16.0. The van der Waals surface area contributed by atoms with E-state index in [4.69, 9.17) is 4.74 Å². The fourth-order valence-electron chi connectivity index (χ4n) is 2.73. The second kappa shape index (κ2) is 8.39. The second-order valence-electron chi connectivity index (χ2n) is 6.46. The van der Waals surface area contributed by atoms with Gasteiger partial charge in [0.2, 0.25) is 0 Å². The van der Waals surface area contributed by atoms with Crippen molar-refractivity contribution in [1.29, 1.82) is 0 Å². The maximum atomic E-state index is 12.6. The number of hydrogen-bond donors (Lipinski definition) is 1. The van der Waals surface area contributed by atoms with Crippen LogP contribution in [0.25, 0.3) is 0 Å². The number of nitrogens with one attached hydrogen (secondary N) is 1. The number of ether oxygens (including phenoxy) is 1. The predicted molar refractivity (Wildman–Crippen MR) is 108 cm³/mol. The molecule has 2 aromatic carbocycles. The fraction of sp³-hybridized carbons (Fsp3) is 0.190. The Morgan fingerprint density at radius 1 is 1.07 bits per heavy atom. The van der Waals surface area contributed by atoms with Gasteiger partial charge in [-0.05, 0) is 35.9 Å². The van der Waals surface area contributed by atoms with Gasteiger partial charge in [0, 0.05) is 31.4 Å². The number of rotatable bonds is 6. The summed E-state index contributed by atoms with van der Waals surface area (Å²) >= 11 is 0. The summed E-state index contributed by atoms with van der Waals surface area (Å²) in [5.74, 6) is -0.235. The molecule has 28 heavy (non-hydrogen) atoms. The number of esters is 1. The fourth-order valence-corrected chi connectivity index (χ4v) is 2.73. The molecule has 0 radical (unpaired) electrons. The number of aromatic nitrogens is 2. The number of carbonyl (C=O) groups excluding carboxylic acids is 2. The van der Waals surface area contributed by atoms with E-state index in [1.807, 2.05) is 43.3 Å². The van der Waals surface area contributed by atoms with Gasteiger partial charge in [0.15, 0.2) is 0 Å². The molecular formula is C21H22N4O3. The SMILES string of the molecule is COC(=O)c1cccc(C(=O)Nc2ccnn2Cc2ccc(N(C)C)cc2)c1. The molecule has 1 amide bonds. The lowest BCUT2D eigenvalue weighted by atomic mass is 10.1. The summed E-state index contributed by atoms with van der Waals surface area (Å²) < 4.78 is 6.41. The van der Waals surface area contributed by atoms with Gasteiger partial charge < -0.3 is 15.0 Å². The van der Waals surface area contributed by atoms with Gasteiger partial charge in [0.25, 0.3) is 5.91 Å². The van der Waals surface area contributed by atoms with Gasteiger partial charge in [0.1, 0.15) is 5.82 Å². The molecule has 1 heterocycles. The Kier molecular flexibility index (Phi) is 5.74. The van der Waals surface area contributed by atoms with Crippen LogP contribution in [-0.4, -0.2) is 42.9 Å². The molecule has 0 aliphatic carbocycles. The van der Waals surface area contributed by atoms with E-state index >= 15 is 0 Å². The zero-order chi connectivity index (χ0) is 20.1. The average Bonchev–Trinajstić information content (AvgIpc) is 3.14. The first kappa shape index (κ1) is 19.2. The van der Waals surface area contributed by atoms with Crippen LogP contribution < -0.4 is 10.2 Å². The Balaban J connectivity index is 1.73. The third-order valence-corrected chi connectivity index (χ3v) is 4.29. The van der Waals surface area contributed by atoms with E-state index in [0.717, 1.165) is 11.3 Å². The number of benzene rings is 2. The van der Waals surface area contributed by atoms with E-state index in [1.165, 1.54) is 13.2 Å². The van der Waals surface area contributed by atoms with E-state index in [-0.39, 0.29) is 5.91 Å². The minimum atomic E-state index is -0.485. The molecule has 0 bridgehead atoms. The Hall–Kier alpha value is -3.61. The van der Waals surface area contributed by atoms with Crippen LogP contribution in [0.15, 0.2) is 60.8 Å². The molecule has 0 aliphatic rings. The lowest BCUT2D eigenvalue weighted by Gasteiger charge is -2.13. The van der Waals surface area contributed by atoms with Crippen molar-refractivity contribution in [1.82, 2.24) is 9.78 Å². The highest BCUT2D eigenvalue weighted by atomic mass is 16.5. The largest absolute Gasteiger partial charge is 0.465 e. The molecule has 0 unspecified atom stereocenters.